The van der Waals surface area contributed by atoms with E-state index in [1.165, 1.54) is 24.0 Å². The summed E-state index contributed by atoms with van der Waals surface area (Å²) < 4.78 is 17.7. The lowest BCUT2D eigenvalue weighted by Gasteiger charge is -2.36. The first-order valence-corrected chi connectivity index (χ1v) is 17.1. The first kappa shape index (κ1) is 37.7. The molecule has 2 saturated heterocycles. The van der Waals surface area contributed by atoms with Crippen molar-refractivity contribution in [1.29, 1.82) is 0 Å². The van der Waals surface area contributed by atoms with Gasteiger partial charge in [0.25, 0.3) is 5.91 Å². The number of esters is 1. The maximum absolute atomic E-state index is 14.2. The number of nitrogens with zero attached hydrogens (tertiary/aromatic N) is 3. The van der Waals surface area contributed by atoms with Gasteiger partial charge in [-0.05, 0) is 98.1 Å². The minimum absolute atomic E-state index is 0.137. The van der Waals surface area contributed by atoms with E-state index in [9.17, 15) is 19.2 Å². The number of hydrogen-bond acceptors (Lipinski definition) is 8. The molecule has 11 nitrogen and oxygen atoms in total. The number of carbonyl (C=O) groups is 4. The molecule has 268 valence electrons. The standard InChI is InChI=1S/C38H53N3O8/c1-11-47-34(43)32-28(22-31(27-17-13-15-25(3)21-27)41(32)36(45)48-37(4,5)6)23-38(7,8)49-35(44)40-29(26-16-12-14-24(2)20-26)18-19-30(40)33(42)39(9)46-10/h12-17,20-21,28-32H,11,18-19,22-23H2,1-10H3/t28?,29-,30+,31-,32+/m0/s1. The molecule has 2 aromatic carbocycles. The largest absolute Gasteiger partial charge is 0.464 e. The van der Waals surface area contributed by atoms with E-state index in [0.29, 0.717) is 19.3 Å². The van der Waals surface area contributed by atoms with Crippen molar-refractivity contribution >= 4 is 24.1 Å². The molecule has 2 aromatic rings. The fraction of sp³-hybridized carbons (Fsp3) is 0.579. The number of hydroxylamine groups is 2. The molecule has 49 heavy (non-hydrogen) atoms. The zero-order chi connectivity index (χ0) is 36.3. The van der Waals surface area contributed by atoms with Crippen LogP contribution in [0.2, 0.25) is 0 Å². The van der Waals surface area contributed by atoms with Gasteiger partial charge in [-0.3, -0.25) is 19.4 Å². The Morgan fingerprint density at radius 1 is 0.837 bits per heavy atom. The summed E-state index contributed by atoms with van der Waals surface area (Å²) >= 11 is 0. The topological polar surface area (TPSA) is 115 Å². The van der Waals surface area contributed by atoms with E-state index in [0.717, 1.165) is 27.3 Å². The molecular formula is C38H53N3O8. The number of ether oxygens (including phenoxy) is 3. The number of hydrogen-bond donors (Lipinski definition) is 0. The quantitative estimate of drug-likeness (QED) is 0.157. The van der Waals surface area contributed by atoms with Crippen LogP contribution in [0.3, 0.4) is 0 Å². The third kappa shape index (κ3) is 8.92. The van der Waals surface area contributed by atoms with Crippen molar-refractivity contribution in [1.82, 2.24) is 14.9 Å². The fourth-order valence-electron chi connectivity index (χ4n) is 7.18. The molecular weight excluding hydrogens is 626 g/mol. The van der Waals surface area contributed by atoms with E-state index in [1.807, 2.05) is 62.4 Å². The fourth-order valence-corrected chi connectivity index (χ4v) is 7.18. The summed E-state index contributed by atoms with van der Waals surface area (Å²) in [5, 5.41) is 1.13. The van der Waals surface area contributed by atoms with Crippen LogP contribution in [-0.2, 0) is 28.6 Å². The molecule has 0 bridgehead atoms. The van der Waals surface area contributed by atoms with Gasteiger partial charge in [0, 0.05) is 7.05 Å². The van der Waals surface area contributed by atoms with Crippen molar-refractivity contribution in [3.8, 4) is 0 Å². The molecule has 0 aromatic heterocycles. The Hall–Kier alpha value is -4.12. The smallest absolute Gasteiger partial charge is 0.411 e. The highest BCUT2D eigenvalue weighted by molar-refractivity contribution is 5.86. The van der Waals surface area contributed by atoms with E-state index in [4.69, 9.17) is 19.0 Å². The van der Waals surface area contributed by atoms with Crippen molar-refractivity contribution in [3.63, 3.8) is 0 Å². The van der Waals surface area contributed by atoms with Crippen LogP contribution in [0, 0.1) is 19.8 Å². The second kappa shape index (κ2) is 15.2. The molecule has 0 spiro atoms. The van der Waals surface area contributed by atoms with Crippen LogP contribution in [-0.4, -0.2) is 83.0 Å². The Labute approximate surface area is 290 Å². The molecule has 0 saturated carbocycles. The average molecular weight is 680 g/mol. The predicted molar refractivity (Wildman–Crippen MR) is 184 cm³/mol. The highest BCUT2D eigenvalue weighted by Crippen LogP contribution is 2.46. The van der Waals surface area contributed by atoms with Crippen molar-refractivity contribution in [2.75, 3.05) is 20.8 Å². The van der Waals surface area contributed by atoms with Gasteiger partial charge in [0.15, 0.2) is 0 Å². The normalized spacial score (nSPS) is 22.5. The molecule has 0 radical (unpaired) electrons. The second-order valence-corrected chi connectivity index (χ2v) is 14.8. The summed E-state index contributed by atoms with van der Waals surface area (Å²) in [6.45, 7) is 14.8. The predicted octanol–water partition coefficient (Wildman–Crippen LogP) is 7.06. The van der Waals surface area contributed by atoms with Gasteiger partial charge in [0.05, 0.1) is 25.8 Å². The van der Waals surface area contributed by atoms with Gasteiger partial charge in [-0.2, -0.15) is 0 Å². The van der Waals surface area contributed by atoms with E-state index >= 15 is 0 Å². The lowest BCUT2D eigenvalue weighted by atomic mass is 9.86. The number of rotatable bonds is 9. The number of aryl methyl sites for hydroxylation is 2. The number of benzene rings is 2. The van der Waals surface area contributed by atoms with E-state index in [2.05, 4.69) is 0 Å². The van der Waals surface area contributed by atoms with Crippen LogP contribution < -0.4 is 0 Å². The van der Waals surface area contributed by atoms with Crippen LogP contribution in [0.5, 0.6) is 0 Å². The van der Waals surface area contributed by atoms with Gasteiger partial charge >= 0.3 is 18.2 Å². The van der Waals surface area contributed by atoms with E-state index in [1.54, 1.807) is 41.5 Å². The highest BCUT2D eigenvalue weighted by Gasteiger charge is 2.52. The van der Waals surface area contributed by atoms with Crippen molar-refractivity contribution < 1.29 is 38.2 Å². The van der Waals surface area contributed by atoms with Gasteiger partial charge in [-0.15, -0.1) is 0 Å². The number of amides is 3. The molecule has 2 fully saturated rings. The molecule has 0 aliphatic carbocycles. The monoisotopic (exact) mass is 679 g/mol. The minimum Gasteiger partial charge on any atom is -0.464 e. The number of carbonyl (C=O) groups excluding carboxylic acids is 4. The third-order valence-electron chi connectivity index (χ3n) is 9.18. The molecule has 2 heterocycles. The van der Waals surface area contributed by atoms with Crippen LogP contribution in [0.15, 0.2) is 48.5 Å². The number of likely N-dealkylation sites (N-methyl/N-ethyl adjacent to an activating group) is 1. The average Bonchev–Trinajstić information content (AvgIpc) is 3.62. The first-order valence-electron chi connectivity index (χ1n) is 17.1. The first-order chi connectivity index (χ1) is 23.0. The molecule has 4 rings (SSSR count). The minimum atomic E-state index is -1.10. The zero-order valence-electron chi connectivity index (χ0n) is 30.6. The SMILES string of the molecule is CCOC(=O)[C@H]1C(CC(C)(C)OC(=O)N2[C@@H](C(=O)N(C)OC)CC[C@H]2c2cccc(C)c2)C[C@@H](c2cccc(C)c2)N1C(=O)OC(C)(C)C. The van der Waals surface area contributed by atoms with Crippen molar-refractivity contribution in [2.45, 2.75) is 116 Å². The Balaban J connectivity index is 1.67. The Morgan fingerprint density at radius 3 is 1.94 bits per heavy atom. The maximum Gasteiger partial charge on any atom is 0.411 e. The van der Waals surface area contributed by atoms with Gasteiger partial charge in [0.2, 0.25) is 0 Å². The summed E-state index contributed by atoms with van der Waals surface area (Å²) in [7, 11) is 2.93. The summed E-state index contributed by atoms with van der Waals surface area (Å²) in [5.41, 5.74) is 1.95. The summed E-state index contributed by atoms with van der Waals surface area (Å²) in [5.74, 6) is -1.33. The van der Waals surface area contributed by atoms with Gasteiger partial charge in [-0.1, -0.05) is 59.7 Å². The molecule has 2 aliphatic heterocycles. The maximum atomic E-state index is 14.2. The Bertz CT molecular complexity index is 1520. The van der Waals surface area contributed by atoms with Gasteiger partial charge in [-0.25, -0.2) is 19.4 Å². The second-order valence-electron chi connectivity index (χ2n) is 14.8. The molecule has 11 heteroatoms. The Kier molecular flexibility index (Phi) is 11.7. The van der Waals surface area contributed by atoms with E-state index < -0.39 is 53.4 Å². The highest BCUT2D eigenvalue weighted by atomic mass is 16.7. The van der Waals surface area contributed by atoms with Gasteiger partial charge in [0.1, 0.15) is 23.3 Å². The summed E-state index contributed by atoms with van der Waals surface area (Å²) in [4.78, 5) is 63.4. The molecule has 2 aliphatic rings. The number of likely N-dealkylation sites (tertiary alicyclic amines) is 2. The van der Waals surface area contributed by atoms with Crippen LogP contribution >= 0.6 is 0 Å². The lowest BCUT2D eigenvalue weighted by molar-refractivity contribution is -0.173. The molecule has 0 N–H and O–H groups in total. The zero-order valence-corrected chi connectivity index (χ0v) is 30.6. The molecule has 1 unspecified atom stereocenters. The summed E-state index contributed by atoms with van der Waals surface area (Å²) in [6.07, 6.45) is 0.421. The van der Waals surface area contributed by atoms with Crippen LogP contribution in [0.25, 0.3) is 0 Å². The van der Waals surface area contributed by atoms with Crippen LogP contribution in [0.1, 0.15) is 102 Å². The van der Waals surface area contributed by atoms with Gasteiger partial charge < -0.3 is 14.2 Å². The third-order valence-corrected chi connectivity index (χ3v) is 9.18. The molecule has 5 atom stereocenters. The Morgan fingerprint density at radius 2 is 1.41 bits per heavy atom. The summed E-state index contributed by atoms with van der Waals surface area (Å²) in [6, 6.07) is 13.1. The van der Waals surface area contributed by atoms with Crippen LogP contribution in [0.4, 0.5) is 9.59 Å². The van der Waals surface area contributed by atoms with Crippen molar-refractivity contribution in [3.05, 3.63) is 70.8 Å². The molecule has 3 amide bonds. The lowest BCUT2D eigenvalue weighted by Crippen LogP contribution is -2.50. The van der Waals surface area contributed by atoms with Crippen molar-refractivity contribution in [2.24, 2.45) is 5.92 Å². The van der Waals surface area contributed by atoms with E-state index in [-0.39, 0.29) is 25.0 Å².